The van der Waals surface area contributed by atoms with E-state index in [0.29, 0.717) is 35.1 Å². The molecule has 2 heterocycles. The van der Waals surface area contributed by atoms with Gasteiger partial charge in [0.1, 0.15) is 11.5 Å². The Morgan fingerprint density at radius 3 is 2.50 bits per heavy atom. The van der Waals surface area contributed by atoms with Crippen molar-refractivity contribution in [2.45, 2.75) is 20.3 Å². The van der Waals surface area contributed by atoms with E-state index in [0.717, 1.165) is 17.0 Å². The Labute approximate surface area is 185 Å². The molecule has 8 nitrogen and oxygen atoms in total. The van der Waals surface area contributed by atoms with Gasteiger partial charge in [0.2, 0.25) is 5.88 Å². The van der Waals surface area contributed by atoms with Crippen LogP contribution in [0.3, 0.4) is 0 Å². The molecule has 0 saturated carbocycles. The molecule has 0 aliphatic rings. The largest absolute Gasteiger partial charge is 0.480 e. The molecule has 1 N–H and O–H groups in total. The molecular weight excluding hydrogens is 406 g/mol. The van der Waals surface area contributed by atoms with Gasteiger partial charge < -0.3 is 14.8 Å². The molecule has 0 aliphatic carbocycles. The fourth-order valence-electron chi connectivity index (χ4n) is 3.26. The van der Waals surface area contributed by atoms with Crippen molar-refractivity contribution in [1.29, 1.82) is 0 Å². The summed E-state index contributed by atoms with van der Waals surface area (Å²) in [6.07, 6.45) is 2.13. The molecule has 2 aromatic heterocycles. The third-order valence-electron chi connectivity index (χ3n) is 4.84. The summed E-state index contributed by atoms with van der Waals surface area (Å²) in [5.41, 5.74) is 3.00. The first kappa shape index (κ1) is 21.0. The van der Waals surface area contributed by atoms with E-state index in [4.69, 9.17) is 9.47 Å². The Bertz CT molecular complexity index is 1220. The van der Waals surface area contributed by atoms with Crippen LogP contribution in [0.15, 0.2) is 66.9 Å². The van der Waals surface area contributed by atoms with Gasteiger partial charge in [0.05, 0.1) is 24.6 Å². The number of aryl methyl sites for hydroxylation is 1. The lowest BCUT2D eigenvalue weighted by Crippen LogP contribution is -2.14. The van der Waals surface area contributed by atoms with Gasteiger partial charge in [0.15, 0.2) is 5.82 Å². The molecule has 4 aromatic rings. The number of ether oxygens (including phenoxy) is 2. The summed E-state index contributed by atoms with van der Waals surface area (Å²) in [6, 6.07) is 18.5. The van der Waals surface area contributed by atoms with E-state index in [1.165, 1.54) is 13.3 Å². The summed E-state index contributed by atoms with van der Waals surface area (Å²) in [5.74, 6) is 2.13. The van der Waals surface area contributed by atoms with E-state index >= 15 is 0 Å². The topological polar surface area (TPSA) is 91.2 Å². The number of amides is 1. The predicted octanol–water partition coefficient (Wildman–Crippen LogP) is 4.59. The second kappa shape index (κ2) is 9.30. The van der Waals surface area contributed by atoms with Gasteiger partial charge in [-0.3, -0.25) is 4.79 Å². The lowest BCUT2D eigenvalue weighted by molar-refractivity contribution is 0.102. The molecule has 4 rings (SSSR count). The van der Waals surface area contributed by atoms with Crippen molar-refractivity contribution in [3.05, 3.63) is 83.7 Å². The van der Waals surface area contributed by atoms with Crippen LogP contribution in [0.4, 0.5) is 5.69 Å². The molecule has 0 atom stereocenters. The minimum atomic E-state index is -0.248. The number of hydrogen-bond acceptors (Lipinski definition) is 6. The molecule has 0 aliphatic heterocycles. The molecule has 0 fully saturated rings. The van der Waals surface area contributed by atoms with Gasteiger partial charge >= 0.3 is 0 Å². The Morgan fingerprint density at radius 2 is 1.84 bits per heavy atom. The van der Waals surface area contributed by atoms with Gasteiger partial charge in [-0.25, -0.2) is 4.68 Å². The zero-order chi connectivity index (χ0) is 22.5. The van der Waals surface area contributed by atoms with Crippen LogP contribution >= 0.6 is 0 Å². The van der Waals surface area contributed by atoms with Gasteiger partial charge in [-0.05, 0) is 61.4 Å². The highest BCUT2D eigenvalue weighted by Crippen LogP contribution is 2.24. The summed E-state index contributed by atoms with van der Waals surface area (Å²) >= 11 is 0. The highest BCUT2D eigenvalue weighted by molar-refractivity contribution is 6.05. The maximum absolute atomic E-state index is 12.9. The van der Waals surface area contributed by atoms with Gasteiger partial charge in [0.25, 0.3) is 5.91 Å². The van der Waals surface area contributed by atoms with Crippen LogP contribution in [0.5, 0.6) is 17.4 Å². The zero-order valence-electron chi connectivity index (χ0n) is 18.1. The standard InChI is InChI=1S/C24H23N5O3/c1-4-21-20(15-25-29(21)22-12-13-23(31-3)28-27-22)24(30)26-17-8-10-18(11-9-17)32-19-7-5-6-16(2)14-19/h5-15H,4H2,1-3H3,(H,26,30). The minimum Gasteiger partial charge on any atom is -0.480 e. The monoisotopic (exact) mass is 429 g/mol. The predicted molar refractivity (Wildman–Crippen MR) is 121 cm³/mol. The highest BCUT2D eigenvalue weighted by Gasteiger charge is 2.18. The number of carbonyl (C=O) groups excluding carboxylic acids is 1. The number of nitrogens with one attached hydrogen (secondary N) is 1. The van der Waals surface area contributed by atoms with Crippen LogP contribution in [0, 0.1) is 6.92 Å². The van der Waals surface area contributed by atoms with Crippen LogP contribution in [-0.2, 0) is 6.42 Å². The Morgan fingerprint density at radius 1 is 1.03 bits per heavy atom. The fraction of sp³-hybridized carbons (Fsp3) is 0.167. The number of hydrogen-bond donors (Lipinski definition) is 1. The van der Waals surface area contributed by atoms with E-state index in [-0.39, 0.29) is 5.91 Å². The molecule has 8 heteroatoms. The molecular formula is C24H23N5O3. The van der Waals surface area contributed by atoms with E-state index in [9.17, 15) is 4.79 Å². The molecule has 0 bridgehead atoms. The third-order valence-corrected chi connectivity index (χ3v) is 4.84. The van der Waals surface area contributed by atoms with Gasteiger partial charge in [-0.15, -0.1) is 10.2 Å². The smallest absolute Gasteiger partial charge is 0.259 e. The number of nitrogens with zero attached hydrogens (tertiary/aromatic N) is 4. The maximum Gasteiger partial charge on any atom is 0.259 e. The number of benzene rings is 2. The average Bonchev–Trinajstić information content (AvgIpc) is 3.25. The van der Waals surface area contributed by atoms with Crippen LogP contribution < -0.4 is 14.8 Å². The summed E-state index contributed by atoms with van der Waals surface area (Å²) < 4.78 is 12.5. The average molecular weight is 429 g/mol. The molecule has 0 unspecified atom stereocenters. The van der Waals surface area contributed by atoms with Crippen molar-refractivity contribution >= 4 is 11.6 Å². The van der Waals surface area contributed by atoms with Crippen molar-refractivity contribution in [2.24, 2.45) is 0 Å². The zero-order valence-corrected chi connectivity index (χ0v) is 18.1. The lowest BCUT2D eigenvalue weighted by Gasteiger charge is -2.09. The normalized spacial score (nSPS) is 10.6. The summed E-state index contributed by atoms with van der Waals surface area (Å²) in [5, 5.41) is 15.3. The Balaban J connectivity index is 1.48. The van der Waals surface area contributed by atoms with Crippen molar-refractivity contribution in [2.75, 3.05) is 12.4 Å². The molecule has 162 valence electrons. The lowest BCUT2D eigenvalue weighted by atomic mass is 10.2. The van der Waals surface area contributed by atoms with Crippen LogP contribution in [0.2, 0.25) is 0 Å². The van der Waals surface area contributed by atoms with Crippen molar-refractivity contribution < 1.29 is 14.3 Å². The Hall–Kier alpha value is -4.20. The SMILES string of the molecule is CCc1c(C(=O)Nc2ccc(Oc3cccc(C)c3)cc2)cnn1-c1ccc(OC)nn1. The number of methoxy groups -OCH3 is 1. The van der Waals surface area contributed by atoms with Gasteiger partial charge in [-0.1, -0.05) is 19.1 Å². The minimum absolute atomic E-state index is 0.248. The maximum atomic E-state index is 12.9. The molecule has 2 aromatic carbocycles. The Kier molecular flexibility index (Phi) is 6.12. The fourth-order valence-corrected chi connectivity index (χ4v) is 3.26. The van der Waals surface area contributed by atoms with Crippen LogP contribution in [-0.4, -0.2) is 33.0 Å². The van der Waals surface area contributed by atoms with Crippen molar-refractivity contribution in [3.8, 4) is 23.2 Å². The number of carbonyl (C=O) groups is 1. The van der Waals surface area contributed by atoms with Gasteiger partial charge in [0, 0.05) is 11.8 Å². The van der Waals surface area contributed by atoms with Gasteiger partial charge in [-0.2, -0.15) is 5.10 Å². The van der Waals surface area contributed by atoms with E-state index in [1.54, 1.807) is 28.9 Å². The van der Waals surface area contributed by atoms with Crippen molar-refractivity contribution in [3.63, 3.8) is 0 Å². The summed E-state index contributed by atoms with van der Waals surface area (Å²) in [7, 11) is 1.53. The first-order chi connectivity index (χ1) is 15.6. The second-order valence-corrected chi connectivity index (χ2v) is 7.10. The molecule has 32 heavy (non-hydrogen) atoms. The molecule has 0 radical (unpaired) electrons. The summed E-state index contributed by atoms with van der Waals surface area (Å²) in [6.45, 7) is 3.97. The third kappa shape index (κ3) is 4.59. The number of anilines is 1. The van der Waals surface area contributed by atoms with E-state index < -0.39 is 0 Å². The van der Waals surface area contributed by atoms with Crippen LogP contribution in [0.1, 0.15) is 28.5 Å². The summed E-state index contributed by atoms with van der Waals surface area (Å²) in [4.78, 5) is 12.9. The first-order valence-corrected chi connectivity index (χ1v) is 10.2. The number of rotatable bonds is 7. The number of aromatic nitrogens is 4. The molecule has 1 amide bonds. The second-order valence-electron chi connectivity index (χ2n) is 7.10. The molecule has 0 saturated heterocycles. The van der Waals surface area contributed by atoms with Crippen molar-refractivity contribution in [1.82, 2.24) is 20.0 Å². The quantitative estimate of drug-likeness (QED) is 0.462. The first-order valence-electron chi connectivity index (χ1n) is 10.2. The van der Waals surface area contributed by atoms with E-state index in [1.807, 2.05) is 50.2 Å². The highest BCUT2D eigenvalue weighted by atomic mass is 16.5. The van der Waals surface area contributed by atoms with Crippen LogP contribution in [0.25, 0.3) is 5.82 Å². The molecule has 0 spiro atoms. The van der Waals surface area contributed by atoms with E-state index in [2.05, 4.69) is 20.6 Å².